The first kappa shape index (κ1) is 15.7. The molecule has 23 heavy (non-hydrogen) atoms. The molecule has 2 aromatic rings. The van der Waals surface area contributed by atoms with Crippen LogP contribution < -0.4 is 10.9 Å². The number of esters is 1. The molecule has 7 nitrogen and oxygen atoms in total. The quantitative estimate of drug-likeness (QED) is 0.821. The Labute approximate surface area is 136 Å². The molecule has 0 aromatic carbocycles. The third-order valence-electron chi connectivity index (χ3n) is 3.98. The zero-order valence-electron chi connectivity index (χ0n) is 13.1. The Hall–Kier alpha value is -2.22. The molecular formula is C15H17N3O4S. The number of nitrogens with zero attached hydrogens (tertiary/aromatic N) is 1. The van der Waals surface area contributed by atoms with Gasteiger partial charge in [0.25, 0.3) is 11.5 Å². The highest BCUT2D eigenvalue weighted by atomic mass is 32.1. The van der Waals surface area contributed by atoms with Crippen LogP contribution in [0.4, 0.5) is 0 Å². The zero-order valence-corrected chi connectivity index (χ0v) is 13.9. The van der Waals surface area contributed by atoms with Gasteiger partial charge in [-0.3, -0.25) is 14.4 Å². The molecule has 2 heterocycles. The number of hydrogen-bond acceptors (Lipinski definition) is 6. The number of aromatic amines is 1. The Morgan fingerprint density at radius 2 is 2.22 bits per heavy atom. The van der Waals surface area contributed by atoms with Crippen LogP contribution in [0.15, 0.2) is 4.79 Å². The first-order chi connectivity index (χ1) is 11.0. The molecular weight excluding hydrogens is 318 g/mol. The van der Waals surface area contributed by atoms with Crippen molar-refractivity contribution in [1.29, 1.82) is 0 Å². The average molecular weight is 335 g/mol. The zero-order chi connectivity index (χ0) is 16.7. The molecule has 0 spiro atoms. The van der Waals surface area contributed by atoms with Crippen molar-refractivity contribution in [3.05, 3.63) is 26.6 Å². The van der Waals surface area contributed by atoms with E-state index >= 15 is 0 Å². The summed E-state index contributed by atoms with van der Waals surface area (Å²) < 4.78 is 5.00. The molecule has 3 rings (SSSR count). The molecule has 1 amide bonds. The van der Waals surface area contributed by atoms with Crippen LogP contribution in [0.3, 0.4) is 0 Å². The van der Waals surface area contributed by atoms with E-state index in [4.69, 9.17) is 4.74 Å². The first-order valence-corrected chi connectivity index (χ1v) is 8.21. The van der Waals surface area contributed by atoms with Crippen LogP contribution in [-0.2, 0) is 9.53 Å². The van der Waals surface area contributed by atoms with E-state index < -0.39 is 0 Å². The Morgan fingerprint density at radius 3 is 2.87 bits per heavy atom. The number of H-pyrrole nitrogens is 1. The Balaban J connectivity index is 1.98. The fourth-order valence-corrected chi connectivity index (χ4v) is 3.81. The lowest BCUT2D eigenvalue weighted by Crippen LogP contribution is -2.17. The van der Waals surface area contributed by atoms with Gasteiger partial charge in [-0.25, -0.2) is 4.98 Å². The molecule has 0 aliphatic heterocycles. The summed E-state index contributed by atoms with van der Waals surface area (Å²) in [4.78, 5) is 44.2. The van der Waals surface area contributed by atoms with Gasteiger partial charge in [-0.15, -0.1) is 11.3 Å². The van der Waals surface area contributed by atoms with Crippen LogP contribution in [0.25, 0.3) is 10.2 Å². The molecule has 0 saturated heterocycles. The highest BCUT2D eigenvalue weighted by Gasteiger charge is 2.47. The first-order valence-electron chi connectivity index (χ1n) is 7.39. The Kier molecular flexibility index (Phi) is 3.93. The van der Waals surface area contributed by atoms with Crippen LogP contribution in [0.5, 0.6) is 0 Å². The van der Waals surface area contributed by atoms with Crippen molar-refractivity contribution in [1.82, 2.24) is 15.3 Å². The normalized spacial score (nSPS) is 19.6. The fraction of sp³-hybridized carbons (Fsp3) is 0.467. The molecule has 1 saturated carbocycles. The summed E-state index contributed by atoms with van der Waals surface area (Å²) in [7, 11) is 1.55. The van der Waals surface area contributed by atoms with Gasteiger partial charge < -0.3 is 15.0 Å². The second-order valence-corrected chi connectivity index (χ2v) is 6.47. The molecule has 2 N–H and O–H groups in total. The van der Waals surface area contributed by atoms with Gasteiger partial charge in [0.15, 0.2) is 0 Å². The number of aromatic nitrogens is 2. The van der Waals surface area contributed by atoms with Gasteiger partial charge in [0.2, 0.25) is 0 Å². The summed E-state index contributed by atoms with van der Waals surface area (Å²) in [6.45, 7) is 3.83. The Morgan fingerprint density at radius 1 is 1.48 bits per heavy atom. The van der Waals surface area contributed by atoms with Gasteiger partial charge in [0.1, 0.15) is 10.7 Å². The maximum absolute atomic E-state index is 12.3. The topological polar surface area (TPSA) is 101 Å². The molecule has 1 aliphatic carbocycles. The number of carbonyl (C=O) groups excluding carboxylic acids is 2. The molecule has 122 valence electrons. The SMILES string of the molecule is CCOC(=O)[C@@H]1C[C@@H]1c1nc2sc(C(=O)NC)c(C)c2c(=O)[nH]1. The number of fused-ring (bicyclic) bond motifs is 1. The molecule has 1 aliphatic rings. The third-order valence-corrected chi connectivity index (χ3v) is 5.17. The standard InChI is InChI=1S/C15H17N3O4S/c1-4-22-15(21)8-5-7(8)11-17-12(19)9-6(2)10(13(20)16-3)23-14(9)18-11/h7-8H,4-5H2,1-3H3,(H,16,20)(H,17,18,19)/t7-,8+/m0/s1. The number of ether oxygens (including phenoxy) is 1. The van der Waals surface area contributed by atoms with E-state index in [1.807, 2.05) is 0 Å². The largest absolute Gasteiger partial charge is 0.466 e. The van der Waals surface area contributed by atoms with Crippen molar-refractivity contribution in [2.45, 2.75) is 26.2 Å². The number of hydrogen-bond donors (Lipinski definition) is 2. The van der Waals surface area contributed by atoms with E-state index in [1.165, 1.54) is 11.3 Å². The highest BCUT2D eigenvalue weighted by Crippen LogP contribution is 2.47. The van der Waals surface area contributed by atoms with Gasteiger partial charge in [-0.2, -0.15) is 0 Å². The number of rotatable bonds is 4. The van der Waals surface area contributed by atoms with Crippen molar-refractivity contribution in [3.63, 3.8) is 0 Å². The molecule has 0 bridgehead atoms. The van der Waals surface area contributed by atoms with E-state index in [1.54, 1.807) is 20.9 Å². The summed E-state index contributed by atoms with van der Waals surface area (Å²) in [5.41, 5.74) is 0.353. The molecule has 1 fully saturated rings. The van der Waals surface area contributed by atoms with E-state index in [0.717, 1.165) is 0 Å². The molecule has 8 heteroatoms. The van der Waals surface area contributed by atoms with Crippen molar-refractivity contribution < 1.29 is 14.3 Å². The van der Waals surface area contributed by atoms with Gasteiger partial charge in [-0.1, -0.05) is 0 Å². The number of thiophene rings is 1. The predicted molar refractivity (Wildman–Crippen MR) is 85.8 cm³/mol. The lowest BCUT2D eigenvalue weighted by Gasteiger charge is -2.01. The number of amides is 1. The minimum Gasteiger partial charge on any atom is -0.466 e. The maximum Gasteiger partial charge on any atom is 0.309 e. The molecule has 0 radical (unpaired) electrons. The second kappa shape index (κ2) is 5.77. The van der Waals surface area contributed by atoms with Crippen molar-refractivity contribution in [3.8, 4) is 0 Å². The van der Waals surface area contributed by atoms with Crippen LogP contribution in [0.1, 0.15) is 40.3 Å². The van der Waals surface area contributed by atoms with Gasteiger partial charge in [-0.05, 0) is 25.8 Å². The summed E-state index contributed by atoms with van der Waals surface area (Å²) in [6, 6.07) is 0. The summed E-state index contributed by atoms with van der Waals surface area (Å²) >= 11 is 1.19. The smallest absolute Gasteiger partial charge is 0.309 e. The van der Waals surface area contributed by atoms with Gasteiger partial charge >= 0.3 is 5.97 Å². The minimum absolute atomic E-state index is 0.114. The van der Waals surface area contributed by atoms with E-state index in [2.05, 4.69) is 15.3 Å². The maximum atomic E-state index is 12.3. The van der Waals surface area contributed by atoms with Crippen LogP contribution in [0.2, 0.25) is 0 Å². The van der Waals surface area contributed by atoms with Crippen LogP contribution in [0, 0.1) is 12.8 Å². The van der Waals surface area contributed by atoms with Gasteiger partial charge in [0, 0.05) is 13.0 Å². The summed E-state index contributed by atoms with van der Waals surface area (Å²) in [6.07, 6.45) is 0.625. The van der Waals surface area contributed by atoms with Crippen LogP contribution in [-0.4, -0.2) is 35.5 Å². The fourth-order valence-electron chi connectivity index (χ4n) is 2.67. The minimum atomic E-state index is -0.275. The Bertz CT molecular complexity index is 854. The van der Waals surface area contributed by atoms with Crippen molar-refractivity contribution in [2.75, 3.05) is 13.7 Å². The lowest BCUT2D eigenvalue weighted by molar-refractivity contribution is -0.144. The number of aryl methyl sites for hydroxylation is 1. The van der Waals surface area contributed by atoms with Crippen LogP contribution >= 0.6 is 11.3 Å². The monoisotopic (exact) mass is 335 g/mol. The lowest BCUT2D eigenvalue weighted by atomic mass is 10.2. The van der Waals surface area contributed by atoms with Gasteiger partial charge in [0.05, 0.1) is 22.8 Å². The van der Waals surface area contributed by atoms with Crippen molar-refractivity contribution >= 4 is 33.4 Å². The van der Waals surface area contributed by atoms with E-state index in [-0.39, 0.29) is 29.3 Å². The highest BCUT2D eigenvalue weighted by molar-refractivity contribution is 7.20. The molecule has 2 aromatic heterocycles. The van der Waals surface area contributed by atoms with E-state index in [0.29, 0.717) is 39.5 Å². The number of carbonyl (C=O) groups is 2. The van der Waals surface area contributed by atoms with E-state index in [9.17, 15) is 14.4 Å². The third kappa shape index (κ3) is 2.63. The summed E-state index contributed by atoms with van der Waals surface area (Å²) in [5, 5.41) is 2.99. The molecule has 2 atom stereocenters. The average Bonchev–Trinajstić information content (AvgIpc) is 3.25. The summed E-state index contributed by atoms with van der Waals surface area (Å²) in [5.74, 6) is -0.354. The second-order valence-electron chi connectivity index (χ2n) is 5.47. The van der Waals surface area contributed by atoms with Crippen molar-refractivity contribution in [2.24, 2.45) is 5.92 Å². The number of nitrogens with one attached hydrogen (secondary N) is 2. The predicted octanol–water partition coefficient (Wildman–Crippen LogP) is 1.32. The molecule has 0 unspecified atom stereocenters.